The van der Waals surface area contributed by atoms with E-state index in [1.54, 1.807) is 6.92 Å². The van der Waals surface area contributed by atoms with Crippen molar-refractivity contribution in [1.82, 2.24) is 10.2 Å². The Labute approximate surface area is 138 Å². The Hall–Kier alpha value is -0.710. The molecule has 2 amide bonds. The summed E-state index contributed by atoms with van der Waals surface area (Å²) in [6, 6.07) is 0.846. The van der Waals surface area contributed by atoms with Gasteiger partial charge >= 0.3 is 6.03 Å². The first-order valence-corrected chi connectivity index (χ1v) is 9.86. The van der Waals surface area contributed by atoms with Gasteiger partial charge in [-0.15, -0.1) is 0 Å². The fourth-order valence-electron chi connectivity index (χ4n) is 3.54. The first kappa shape index (κ1) is 17.6. The minimum Gasteiger partial charge on any atom is -0.332 e. The third-order valence-corrected chi connectivity index (χ3v) is 6.23. The van der Waals surface area contributed by atoms with Crippen LogP contribution in [0.1, 0.15) is 65.2 Å². The van der Waals surface area contributed by atoms with Gasteiger partial charge in [0.05, 0.1) is 12.1 Å². The number of rotatable bonds is 10. The molecule has 4 nitrogen and oxygen atoms in total. The van der Waals surface area contributed by atoms with Crippen LogP contribution in [-0.2, 0) is 4.79 Å². The molecule has 2 aliphatic heterocycles. The second kappa shape index (κ2) is 8.80. The molecule has 0 bridgehead atoms. The quantitative estimate of drug-likeness (QED) is 0.493. The SMILES string of the molecule is CCCCCCN1C(=O)N[C@H]2CS[C@@H](CCCCC(C)=O)[C@H]21. The van der Waals surface area contributed by atoms with Crippen molar-refractivity contribution < 1.29 is 9.59 Å². The van der Waals surface area contributed by atoms with E-state index in [0.717, 1.165) is 38.0 Å². The van der Waals surface area contributed by atoms with Crippen LogP contribution in [0.3, 0.4) is 0 Å². The number of carbonyl (C=O) groups excluding carboxylic acids is 2. The summed E-state index contributed by atoms with van der Waals surface area (Å²) in [5, 5.41) is 3.70. The van der Waals surface area contributed by atoms with Crippen molar-refractivity contribution in [3.63, 3.8) is 0 Å². The van der Waals surface area contributed by atoms with Crippen molar-refractivity contribution in [2.75, 3.05) is 12.3 Å². The highest BCUT2D eigenvalue weighted by Crippen LogP contribution is 2.37. The summed E-state index contributed by atoms with van der Waals surface area (Å²) < 4.78 is 0. The van der Waals surface area contributed by atoms with Crippen molar-refractivity contribution in [2.24, 2.45) is 0 Å². The molecule has 0 radical (unpaired) electrons. The molecule has 0 aromatic carbocycles. The minimum atomic E-state index is 0.139. The fraction of sp³-hybridized carbons (Fsp3) is 0.882. The van der Waals surface area contributed by atoms with Crippen LogP contribution in [0.15, 0.2) is 0 Å². The number of fused-ring (bicyclic) bond motifs is 1. The summed E-state index contributed by atoms with van der Waals surface area (Å²) in [5.41, 5.74) is 0. The number of hydrogen-bond acceptors (Lipinski definition) is 3. The lowest BCUT2D eigenvalue weighted by atomic mass is 10.0. The highest BCUT2D eigenvalue weighted by molar-refractivity contribution is 8.00. The Bertz CT molecular complexity index is 389. The van der Waals surface area contributed by atoms with Crippen molar-refractivity contribution in [3.8, 4) is 0 Å². The molecule has 2 heterocycles. The summed E-state index contributed by atoms with van der Waals surface area (Å²) in [5.74, 6) is 1.33. The topological polar surface area (TPSA) is 49.4 Å². The molecule has 126 valence electrons. The smallest absolute Gasteiger partial charge is 0.318 e. The van der Waals surface area contributed by atoms with Gasteiger partial charge in [0, 0.05) is 24.0 Å². The Balaban J connectivity index is 1.80. The molecule has 2 fully saturated rings. The number of hydrogen-bond donors (Lipinski definition) is 1. The van der Waals surface area contributed by atoms with Crippen molar-refractivity contribution >= 4 is 23.6 Å². The van der Waals surface area contributed by atoms with E-state index < -0.39 is 0 Å². The molecule has 3 atom stereocenters. The van der Waals surface area contributed by atoms with E-state index in [0.29, 0.717) is 23.8 Å². The predicted octanol–water partition coefficient (Wildman–Crippen LogP) is 3.59. The molecule has 22 heavy (non-hydrogen) atoms. The van der Waals surface area contributed by atoms with Gasteiger partial charge in [-0.25, -0.2) is 4.79 Å². The van der Waals surface area contributed by atoms with Gasteiger partial charge in [-0.2, -0.15) is 11.8 Å². The maximum atomic E-state index is 12.2. The molecule has 2 aliphatic rings. The van der Waals surface area contributed by atoms with Gasteiger partial charge in [-0.3, -0.25) is 0 Å². The van der Waals surface area contributed by atoms with Crippen LogP contribution in [0.25, 0.3) is 0 Å². The molecule has 0 aromatic heterocycles. The third-order valence-electron chi connectivity index (χ3n) is 4.73. The van der Waals surface area contributed by atoms with Gasteiger partial charge in [0.2, 0.25) is 0 Å². The zero-order valence-electron chi connectivity index (χ0n) is 14.0. The second-order valence-corrected chi connectivity index (χ2v) is 7.89. The van der Waals surface area contributed by atoms with Crippen LogP contribution in [-0.4, -0.2) is 46.3 Å². The Kier molecular flexibility index (Phi) is 7.06. The maximum Gasteiger partial charge on any atom is 0.318 e. The number of amides is 2. The van der Waals surface area contributed by atoms with Crippen LogP contribution in [0.2, 0.25) is 0 Å². The lowest BCUT2D eigenvalue weighted by Gasteiger charge is -2.27. The van der Waals surface area contributed by atoms with Crippen LogP contribution in [0.4, 0.5) is 4.79 Å². The molecule has 1 N–H and O–H groups in total. The largest absolute Gasteiger partial charge is 0.332 e. The Morgan fingerprint density at radius 1 is 1.27 bits per heavy atom. The molecule has 0 unspecified atom stereocenters. The minimum absolute atomic E-state index is 0.139. The number of urea groups is 1. The summed E-state index contributed by atoms with van der Waals surface area (Å²) in [6.07, 6.45) is 8.73. The van der Waals surface area contributed by atoms with E-state index in [-0.39, 0.29) is 11.8 Å². The molecule has 2 rings (SSSR count). The average Bonchev–Trinajstić information content (AvgIpc) is 2.99. The highest BCUT2D eigenvalue weighted by Gasteiger charge is 2.47. The van der Waals surface area contributed by atoms with E-state index in [1.807, 2.05) is 11.8 Å². The molecule has 0 spiro atoms. The van der Waals surface area contributed by atoms with Crippen molar-refractivity contribution in [2.45, 2.75) is 82.5 Å². The zero-order valence-corrected chi connectivity index (χ0v) is 14.8. The van der Waals surface area contributed by atoms with E-state index in [4.69, 9.17) is 0 Å². The summed E-state index contributed by atoms with van der Waals surface area (Å²) in [4.78, 5) is 25.3. The van der Waals surface area contributed by atoms with Gasteiger partial charge in [-0.05, 0) is 26.2 Å². The number of nitrogens with zero attached hydrogens (tertiary/aromatic N) is 1. The summed E-state index contributed by atoms with van der Waals surface area (Å²) in [7, 11) is 0. The van der Waals surface area contributed by atoms with Crippen molar-refractivity contribution in [1.29, 1.82) is 0 Å². The van der Waals surface area contributed by atoms with Gasteiger partial charge in [-0.1, -0.05) is 32.6 Å². The lowest BCUT2D eigenvalue weighted by Crippen LogP contribution is -2.41. The molecule has 0 saturated carbocycles. The predicted molar refractivity (Wildman–Crippen MR) is 92.4 cm³/mol. The first-order chi connectivity index (χ1) is 10.6. The second-order valence-electron chi connectivity index (χ2n) is 6.62. The molecular formula is C17H30N2O2S. The Morgan fingerprint density at radius 3 is 2.82 bits per heavy atom. The van der Waals surface area contributed by atoms with Crippen LogP contribution >= 0.6 is 11.8 Å². The molecule has 2 saturated heterocycles. The van der Waals surface area contributed by atoms with Gasteiger partial charge in [0.15, 0.2) is 0 Å². The van der Waals surface area contributed by atoms with Gasteiger partial charge < -0.3 is 15.0 Å². The molecule has 0 aliphatic carbocycles. The normalized spacial score (nSPS) is 27.1. The molecule has 0 aromatic rings. The molecular weight excluding hydrogens is 296 g/mol. The Morgan fingerprint density at radius 2 is 2.09 bits per heavy atom. The van der Waals surface area contributed by atoms with E-state index in [9.17, 15) is 9.59 Å². The maximum absolute atomic E-state index is 12.2. The zero-order chi connectivity index (χ0) is 15.9. The van der Waals surface area contributed by atoms with Crippen LogP contribution in [0.5, 0.6) is 0 Å². The van der Waals surface area contributed by atoms with Crippen LogP contribution < -0.4 is 5.32 Å². The van der Waals surface area contributed by atoms with E-state index >= 15 is 0 Å². The van der Waals surface area contributed by atoms with E-state index in [1.165, 1.54) is 19.3 Å². The number of ketones is 1. The van der Waals surface area contributed by atoms with Gasteiger partial charge in [0.1, 0.15) is 5.78 Å². The molecule has 5 heteroatoms. The van der Waals surface area contributed by atoms with Crippen LogP contribution in [0, 0.1) is 0 Å². The van der Waals surface area contributed by atoms with Crippen molar-refractivity contribution in [3.05, 3.63) is 0 Å². The summed E-state index contributed by atoms with van der Waals surface area (Å²) >= 11 is 2.00. The number of carbonyl (C=O) groups is 2. The fourth-order valence-corrected chi connectivity index (χ4v) is 5.14. The number of nitrogens with one attached hydrogen (secondary N) is 1. The number of thioether (sulfide) groups is 1. The highest BCUT2D eigenvalue weighted by atomic mass is 32.2. The first-order valence-electron chi connectivity index (χ1n) is 8.81. The third kappa shape index (κ3) is 4.64. The number of Topliss-reactive ketones (excluding diaryl/α,β-unsaturated/α-hetero) is 1. The van der Waals surface area contributed by atoms with Gasteiger partial charge in [0.25, 0.3) is 0 Å². The number of unbranched alkanes of at least 4 members (excludes halogenated alkanes) is 4. The average molecular weight is 327 g/mol. The standard InChI is InChI=1S/C17H30N2O2S/c1-3-4-5-8-11-19-16-14(18-17(19)21)12-22-15(16)10-7-6-9-13(2)20/h14-16H,3-12H2,1-2H3,(H,18,21)/t14-,15-,16-/m0/s1. The van der Waals surface area contributed by atoms with E-state index in [2.05, 4.69) is 17.1 Å². The lowest BCUT2D eigenvalue weighted by molar-refractivity contribution is -0.117. The summed E-state index contributed by atoms with van der Waals surface area (Å²) in [6.45, 7) is 4.78. The monoisotopic (exact) mass is 326 g/mol.